The summed E-state index contributed by atoms with van der Waals surface area (Å²) in [6.07, 6.45) is 0.940. The highest BCUT2D eigenvalue weighted by Crippen LogP contribution is 2.24. The molecular weight excluding hydrogens is 416 g/mol. The van der Waals surface area contributed by atoms with Crippen molar-refractivity contribution in [1.29, 1.82) is 0 Å². The van der Waals surface area contributed by atoms with Crippen LogP contribution in [0.4, 0.5) is 5.69 Å². The predicted octanol–water partition coefficient (Wildman–Crippen LogP) is 2.58. The molecule has 0 saturated carbocycles. The smallest absolute Gasteiger partial charge is 0.306 e. The summed E-state index contributed by atoms with van der Waals surface area (Å²) in [5.74, 6) is -0.133. The maximum atomic E-state index is 13.1. The molecule has 0 heterocycles. The second kappa shape index (κ2) is 8.93. The van der Waals surface area contributed by atoms with E-state index >= 15 is 0 Å². The topological polar surface area (TPSA) is 110 Å². The van der Waals surface area contributed by atoms with E-state index in [4.69, 9.17) is 4.18 Å². The van der Waals surface area contributed by atoms with E-state index in [1.807, 2.05) is 0 Å². The molecule has 2 aromatic carbocycles. The lowest BCUT2D eigenvalue weighted by Gasteiger charge is -2.26. The van der Waals surface area contributed by atoms with E-state index in [9.17, 15) is 21.6 Å². The summed E-state index contributed by atoms with van der Waals surface area (Å²) in [5, 5.41) is 2.59. The highest BCUT2D eigenvalue weighted by atomic mass is 32.2. The van der Waals surface area contributed by atoms with E-state index in [-0.39, 0.29) is 29.1 Å². The Balaban J connectivity index is 2.31. The van der Waals surface area contributed by atoms with Crippen LogP contribution in [0.3, 0.4) is 0 Å². The summed E-state index contributed by atoms with van der Waals surface area (Å²) in [7, 11) is -7.51. The van der Waals surface area contributed by atoms with Crippen molar-refractivity contribution >= 4 is 31.7 Å². The average Bonchev–Trinajstić information content (AvgIpc) is 2.58. The predicted molar refractivity (Wildman–Crippen MR) is 111 cm³/mol. The van der Waals surface area contributed by atoms with Crippen LogP contribution in [0.25, 0.3) is 0 Å². The van der Waals surface area contributed by atoms with Crippen molar-refractivity contribution < 1.29 is 25.8 Å². The molecule has 10 heteroatoms. The third-order valence-electron chi connectivity index (χ3n) is 3.84. The summed E-state index contributed by atoms with van der Waals surface area (Å²) < 4.78 is 55.1. The largest absolute Gasteiger partial charge is 0.383 e. The van der Waals surface area contributed by atoms with Gasteiger partial charge in [0.15, 0.2) is 0 Å². The number of carbonyl (C=O) groups excluding carboxylic acids is 1. The molecule has 0 unspecified atom stereocenters. The van der Waals surface area contributed by atoms with Gasteiger partial charge in [-0.3, -0.25) is 4.79 Å². The molecule has 1 amide bonds. The van der Waals surface area contributed by atoms with Gasteiger partial charge in [-0.2, -0.15) is 12.7 Å². The number of carbonyl (C=O) groups is 1. The molecule has 2 aromatic rings. The minimum atomic E-state index is -3.83. The van der Waals surface area contributed by atoms with Gasteiger partial charge in [0.2, 0.25) is 15.9 Å². The van der Waals surface area contributed by atoms with Crippen LogP contribution in [0.5, 0.6) is 5.75 Å². The zero-order valence-corrected chi connectivity index (χ0v) is 18.2. The van der Waals surface area contributed by atoms with Gasteiger partial charge >= 0.3 is 10.1 Å². The lowest BCUT2D eigenvalue weighted by molar-refractivity contribution is -0.114. The first-order chi connectivity index (χ1) is 13.4. The van der Waals surface area contributed by atoms with E-state index in [0.29, 0.717) is 11.3 Å². The number of rotatable bonds is 8. The monoisotopic (exact) mass is 440 g/mol. The van der Waals surface area contributed by atoms with Crippen LogP contribution in [0, 0.1) is 0 Å². The first-order valence-corrected chi connectivity index (χ1v) is 12.0. The maximum absolute atomic E-state index is 13.1. The summed E-state index contributed by atoms with van der Waals surface area (Å²) in [6.45, 7) is 4.90. The summed E-state index contributed by atoms with van der Waals surface area (Å²) in [6, 6.07) is 11.8. The number of hydrogen-bond donors (Lipinski definition) is 1. The lowest BCUT2D eigenvalue weighted by atomic mass is 10.2. The third kappa shape index (κ3) is 6.55. The highest BCUT2D eigenvalue weighted by Gasteiger charge is 2.27. The molecule has 158 valence electrons. The zero-order chi connectivity index (χ0) is 21.8. The fraction of sp³-hybridized carbons (Fsp3) is 0.316. The molecule has 8 nitrogen and oxygen atoms in total. The van der Waals surface area contributed by atoms with Crippen molar-refractivity contribution in [1.82, 2.24) is 4.31 Å². The van der Waals surface area contributed by atoms with E-state index < -0.39 is 20.1 Å². The fourth-order valence-electron chi connectivity index (χ4n) is 2.64. The third-order valence-corrected chi connectivity index (χ3v) is 6.37. The molecular formula is C19H24N2O6S2. The van der Waals surface area contributed by atoms with Gasteiger partial charge in [0.25, 0.3) is 0 Å². The van der Waals surface area contributed by atoms with Gasteiger partial charge in [0.05, 0.1) is 11.2 Å². The Bertz CT molecular complexity index is 1080. The van der Waals surface area contributed by atoms with Crippen molar-refractivity contribution in [3.63, 3.8) is 0 Å². The van der Waals surface area contributed by atoms with Crippen molar-refractivity contribution in [3.8, 4) is 5.75 Å². The van der Waals surface area contributed by atoms with Crippen molar-refractivity contribution in [2.75, 3.05) is 11.6 Å². The van der Waals surface area contributed by atoms with Gasteiger partial charge in [-0.1, -0.05) is 12.1 Å². The van der Waals surface area contributed by atoms with Gasteiger partial charge in [0, 0.05) is 25.2 Å². The Morgan fingerprint density at radius 3 is 2.21 bits per heavy atom. The normalized spacial score (nSPS) is 12.2. The molecule has 0 radical (unpaired) electrons. The molecule has 0 aliphatic carbocycles. The van der Waals surface area contributed by atoms with Crippen LogP contribution in [0.1, 0.15) is 26.3 Å². The number of amides is 1. The molecule has 0 spiro atoms. The highest BCUT2D eigenvalue weighted by molar-refractivity contribution is 7.89. The standard InChI is InChI=1S/C19H24N2O6S2/c1-14(2)21(13-16-6-5-7-18(12-16)27-28(4,23)24)29(25,26)19-10-8-17(9-11-19)20-15(3)22/h5-12,14H,13H2,1-4H3,(H,20,22). The van der Waals surface area contributed by atoms with Crippen LogP contribution in [0.15, 0.2) is 53.4 Å². The van der Waals surface area contributed by atoms with E-state index in [2.05, 4.69) is 5.32 Å². The van der Waals surface area contributed by atoms with Gasteiger partial charge in [-0.25, -0.2) is 8.42 Å². The van der Waals surface area contributed by atoms with Crippen LogP contribution >= 0.6 is 0 Å². The number of benzene rings is 2. The van der Waals surface area contributed by atoms with E-state index in [1.54, 1.807) is 26.0 Å². The van der Waals surface area contributed by atoms with Gasteiger partial charge in [-0.05, 0) is 55.8 Å². The second-order valence-electron chi connectivity index (χ2n) is 6.78. The summed E-state index contributed by atoms with van der Waals surface area (Å²) in [5.41, 5.74) is 1.08. The summed E-state index contributed by atoms with van der Waals surface area (Å²) >= 11 is 0. The quantitative estimate of drug-likeness (QED) is 0.632. The Morgan fingerprint density at radius 2 is 1.69 bits per heavy atom. The average molecular weight is 441 g/mol. The molecule has 0 saturated heterocycles. The molecule has 29 heavy (non-hydrogen) atoms. The number of sulfonamides is 1. The fourth-order valence-corrected chi connectivity index (χ4v) is 4.72. The first-order valence-electron chi connectivity index (χ1n) is 8.76. The van der Waals surface area contributed by atoms with Gasteiger partial charge < -0.3 is 9.50 Å². The Morgan fingerprint density at radius 1 is 1.07 bits per heavy atom. The molecule has 0 atom stereocenters. The molecule has 0 aliphatic rings. The Hall–Kier alpha value is -2.43. The van der Waals surface area contributed by atoms with E-state index in [0.717, 1.165) is 6.26 Å². The minimum Gasteiger partial charge on any atom is -0.383 e. The number of nitrogens with one attached hydrogen (secondary N) is 1. The second-order valence-corrected chi connectivity index (χ2v) is 10.2. The minimum absolute atomic E-state index is 0.0361. The molecule has 0 fully saturated rings. The van der Waals surface area contributed by atoms with Crippen LogP contribution in [0.2, 0.25) is 0 Å². The Labute approximate surface area is 171 Å². The molecule has 2 rings (SSSR count). The molecule has 0 aliphatic heterocycles. The van der Waals surface area contributed by atoms with Crippen molar-refractivity contribution in [2.45, 2.75) is 38.3 Å². The van der Waals surface area contributed by atoms with Crippen LogP contribution in [-0.4, -0.2) is 39.3 Å². The Kier molecular flexibility index (Phi) is 7.04. The van der Waals surface area contributed by atoms with Gasteiger partial charge in [0.1, 0.15) is 5.75 Å². The number of hydrogen-bond acceptors (Lipinski definition) is 6. The van der Waals surface area contributed by atoms with Crippen LogP contribution in [-0.2, 0) is 31.5 Å². The zero-order valence-electron chi connectivity index (χ0n) is 16.6. The van der Waals surface area contributed by atoms with Crippen molar-refractivity contribution in [3.05, 3.63) is 54.1 Å². The van der Waals surface area contributed by atoms with E-state index in [1.165, 1.54) is 47.6 Å². The number of anilines is 1. The summed E-state index contributed by atoms with van der Waals surface area (Å²) in [4.78, 5) is 11.2. The SMILES string of the molecule is CC(=O)Nc1ccc(S(=O)(=O)N(Cc2cccc(OS(C)(=O)=O)c2)C(C)C)cc1. The maximum Gasteiger partial charge on any atom is 0.306 e. The lowest BCUT2D eigenvalue weighted by Crippen LogP contribution is -2.36. The first kappa shape index (κ1) is 22.9. The number of nitrogens with zero attached hydrogens (tertiary/aromatic N) is 1. The van der Waals surface area contributed by atoms with Crippen LogP contribution < -0.4 is 9.50 Å². The molecule has 0 aromatic heterocycles. The van der Waals surface area contributed by atoms with Crippen molar-refractivity contribution in [2.24, 2.45) is 0 Å². The molecule has 0 bridgehead atoms. The molecule has 1 N–H and O–H groups in total. The van der Waals surface area contributed by atoms with Gasteiger partial charge in [-0.15, -0.1) is 0 Å².